The first kappa shape index (κ1) is 26.9. The van der Waals surface area contributed by atoms with Crippen LogP contribution in [-0.2, 0) is 9.59 Å². The normalized spacial score (nSPS) is 24.7. The van der Waals surface area contributed by atoms with Gasteiger partial charge in [0, 0.05) is 26.2 Å². The molecular weight excluding hydrogens is 380 g/mol. The minimum atomic E-state index is -0.966. The SMILES string of the molecule is CC(C)CN(CC(C)C)C(=O)C1CC(O)C(O)CC1C(=O)N(CC(C)C)CC(C)C. The van der Waals surface area contributed by atoms with Gasteiger partial charge in [-0.1, -0.05) is 55.4 Å². The van der Waals surface area contributed by atoms with Gasteiger partial charge in [-0.2, -0.15) is 0 Å². The fraction of sp³-hybridized carbons (Fsp3) is 0.917. The van der Waals surface area contributed by atoms with Crippen LogP contribution in [0.2, 0.25) is 0 Å². The quantitative estimate of drug-likeness (QED) is 0.563. The fourth-order valence-electron chi connectivity index (χ4n) is 4.45. The van der Waals surface area contributed by atoms with Gasteiger partial charge >= 0.3 is 0 Å². The van der Waals surface area contributed by atoms with Crippen LogP contribution in [0.1, 0.15) is 68.2 Å². The van der Waals surface area contributed by atoms with Gasteiger partial charge in [0.25, 0.3) is 0 Å². The van der Waals surface area contributed by atoms with E-state index in [-0.39, 0.29) is 24.7 Å². The van der Waals surface area contributed by atoms with Crippen LogP contribution < -0.4 is 0 Å². The minimum absolute atomic E-state index is 0.0595. The third-order valence-electron chi connectivity index (χ3n) is 5.52. The summed E-state index contributed by atoms with van der Waals surface area (Å²) in [5, 5.41) is 20.7. The highest BCUT2D eigenvalue weighted by molar-refractivity contribution is 5.88. The van der Waals surface area contributed by atoms with E-state index < -0.39 is 24.0 Å². The van der Waals surface area contributed by atoms with E-state index in [2.05, 4.69) is 55.4 Å². The third-order valence-corrected chi connectivity index (χ3v) is 5.52. The lowest BCUT2D eigenvalue weighted by Gasteiger charge is -2.41. The topological polar surface area (TPSA) is 81.1 Å². The van der Waals surface area contributed by atoms with Crippen molar-refractivity contribution in [2.75, 3.05) is 26.2 Å². The summed E-state index contributed by atoms with van der Waals surface area (Å²) in [6.07, 6.45) is -1.65. The third kappa shape index (κ3) is 8.18. The molecule has 1 saturated carbocycles. The van der Waals surface area contributed by atoms with Gasteiger partial charge in [0.05, 0.1) is 24.0 Å². The molecule has 1 aliphatic rings. The zero-order chi connectivity index (χ0) is 23.2. The molecule has 1 aliphatic carbocycles. The van der Waals surface area contributed by atoms with Crippen molar-refractivity contribution >= 4 is 11.8 Å². The lowest BCUT2D eigenvalue weighted by atomic mass is 9.74. The molecule has 0 spiro atoms. The molecule has 6 heteroatoms. The molecule has 176 valence electrons. The maximum Gasteiger partial charge on any atom is 0.226 e. The van der Waals surface area contributed by atoms with Crippen LogP contribution in [-0.4, -0.2) is 70.2 Å². The van der Waals surface area contributed by atoms with Crippen molar-refractivity contribution in [2.24, 2.45) is 35.5 Å². The summed E-state index contributed by atoms with van der Waals surface area (Å²) in [6, 6.07) is 0. The fourth-order valence-corrected chi connectivity index (χ4v) is 4.45. The number of aliphatic hydroxyl groups excluding tert-OH is 2. The van der Waals surface area contributed by atoms with E-state index in [4.69, 9.17) is 0 Å². The first-order valence-corrected chi connectivity index (χ1v) is 11.8. The Morgan fingerprint density at radius 1 is 0.633 bits per heavy atom. The summed E-state index contributed by atoms with van der Waals surface area (Å²) in [5.41, 5.74) is 0. The number of aliphatic hydroxyl groups is 2. The number of nitrogens with zero attached hydrogens (tertiary/aromatic N) is 2. The van der Waals surface area contributed by atoms with Gasteiger partial charge in [-0.15, -0.1) is 0 Å². The molecule has 0 aromatic carbocycles. The Kier molecular flexibility index (Phi) is 10.8. The molecular formula is C24H46N2O4. The van der Waals surface area contributed by atoms with E-state index in [1.165, 1.54) is 0 Å². The number of carbonyl (C=O) groups excluding carboxylic acids is 2. The Bertz CT molecular complexity index is 479. The van der Waals surface area contributed by atoms with Crippen molar-refractivity contribution in [1.82, 2.24) is 9.80 Å². The highest BCUT2D eigenvalue weighted by Crippen LogP contribution is 2.34. The van der Waals surface area contributed by atoms with Crippen LogP contribution in [0.5, 0.6) is 0 Å². The maximum absolute atomic E-state index is 13.6. The van der Waals surface area contributed by atoms with E-state index in [0.717, 1.165) is 0 Å². The van der Waals surface area contributed by atoms with Gasteiger partial charge in [0.2, 0.25) is 11.8 Å². The summed E-state index contributed by atoms with van der Waals surface area (Å²) in [4.78, 5) is 30.9. The van der Waals surface area contributed by atoms with Crippen LogP contribution in [0.4, 0.5) is 0 Å². The zero-order valence-electron chi connectivity index (χ0n) is 20.5. The first-order chi connectivity index (χ1) is 13.8. The van der Waals surface area contributed by atoms with Crippen molar-refractivity contribution in [3.05, 3.63) is 0 Å². The van der Waals surface area contributed by atoms with Crippen LogP contribution in [0, 0.1) is 35.5 Å². The Morgan fingerprint density at radius 2 is 0.867 bits per heavy atom. The second-order valence-electron chi connectivity index (χ2n) is 10.9. The Morgan fingerprint density at radius 3 is 1.07 bits per heavy atom. The number of amides is 2. The zero-order valence-corrected chi connectivity index (χ0v) is 20.5. The van der Waals surface area contributed by atoms with Gasteiger partial charge in [0.15, 0.2) is 0 Å². The molecule has 2 N–H and O–H groups in total. The van der Waals surface area contributed by atoms with Crippen molar-refractivity contribution in [1.29, 1.82) is 0 Å². The van der Waals surface area contributed by atoms with Crippen LogP contribution in [0.15, 0.2) is 0 Å². The Labute approximate surface area is 184 Å². The van der Waals surface area contributed by atoms with Crippen molar-refractivity contribution in [3.8, 4) is 0 Å². The molecule has 0 saturated heterocycles. The molecule has 0 radical (unpaired) electrons. The van der Waals surface area contributed by atoms with Gasteiger partial charge in [-0.3, -0.25) is 9.59 Å². The van der Waals surface area contributed by atoms with Crippen molar-refractivity contribution in [2.45, 2.75) is 80.4 Å². The van der Waals surface area contributed by atoms with Gasteiger partial charge in [-0.25, -0.2) is 0 Å². The monoisotopic (exact) mass is 426 g/mol. The van der Waals surface area contributed by atoms with Gasteiger partial charge < -0.3 is 20.0 Å². The molecule has 4 unspecified atom stereocenters. The lowest BCUT2D eigenvalue weighted by Crippen LogP contribution is -2.53. The van der Waals surface area contributed by atoms with Gasteiger partial charge in [0.1, 0.15) is 0 Å². The molecule has 30 heavy (non-hydrogen) atoms. The number of rotatable bonds is 10. The molecule has 2 amide bonds. The van der Waals surface area contributed by atoms with Crippen molar-refractivity contribution in [3.63, 3.8) is 0 Å². The molecule has 0 heterocycles. The standard InChI is InChI=1S/C24H46N2O4/c1-15(2)11-25(12-16(3)4)23(29)19-9-21(27)22(28)10-20(19)24(30)26(13-17(5)6)14-18(7)8/h15-22,27-28H,9-14H2,1-8H3. The lowest BCUT2D eigenvalue weighted by molar-refractivity contribution is -0.156. The maximum atomic E-state index is 13.6. The summed E-state index contributed by atoms with van der Waals surface area (Å²) < 4.78 is 0. The number of carbonyl (C=O) groups is 2. The molecule has 0 aliphatic heterocycles. The largest absolute Gasteiger partial charge is 0.390 e. The van der Waals surface area contributed by atoms with Gasteiger partial charge in [-0.05, 0) is 36.5 Å². The summed E-state index contributed by atoms with van der Waals surface area (Å²) >= 11 is 0. The summed E-state index contributed by atoms with van der Waals surface area (Å²) in [7, 11) is 0. The predicted molar refractivity (Wildman–Crippen MR) is 121 cm³/mol. The van der Waals surface area contributed by atoms with E-state index in [1.54, 1.807) is 0 Å². The van der Waals surface area contributed by atoms with Crippen molar-refractivity contribution < 1.29 is 19.8 Å². The van der Waals surface area contributed by atoms with E-state index in [0.29, 0.717) is 49.9 Å². The molecule has 0 aromatic heterocycles. The average molecular weight is 427 g/mol. The van der Waals surface area contributed by atoms with E-state index in [9.17, 15) is 19.8 Å². The second kappa shape index (κ2) is 12.0. The Balaban J connectivity index is 3.19. The van der Waals surface area contributed by atoms with Crippen LogP contribution in [0.25, 0.3) is 0 Å². The molecule has 1 rings (SSSR count). The van der Waals surface area contributed by atoms with E-state index in [1.807, 2.05) is 9.80 Å². The first-order valence-electron chi connectivity index (χ1n) is 11.8. The average Bonchev–Trinajstić information content (AvgIpc) is 2.59. The summed E-state index contributed by atoms with van der Waals surface area (Å²) in [5.74, 6) is -0.0192. The molecule has 4 atom stereocenters. The predicted octanol–water partition coefficient (Wildman–Crippen LogP) is 3.02. The van der Waals surface area contributed by atoms with E-state index >= 15 is 0 Å². The number of hydrogen-bond donors (Lipinski definition) is 2. The molecule has 1 fully saturated rings. The highest BCUT2D eigenvalue weighted by atomic mass is 16.3. The Hall–Kier alpha value is -1.14. The summed E-state index contributed by atoms with van der Waals surface area (Å²) in [6.45, 7) is 19.2. The second-order valence-corrected chi connectivity index (χ2v) is 10.9. The van der Waals surface area contributed by atoms with Crippen LogP contribution in [0.3, 0.4) is 0 Å². The molecule has 6 nitrogen and oxygen atoms in total. The number of hydrogen-bond acceptors (Lipinski definition) is 4. The smallest absolute Gasteiger partial charge is 0.226 e. The molecule has 0 bridgehead atoms. The minimum Gasteiger partial charge on any atom is -0.390 e. The highest BCUT2D eigenvalue weighted by Gasteiger charge is 2.45. The van der Waals surface area contributed by atoms with Crippen LogP contribution >= 0.6 is 0 Å². The molecule has 0 aromatic rings.